The number of anilines is 1. The summed E-state index contributed by atoms with van der Waals surface area (Å²) in [6.45, 7) is 0.447. The summed E-state index contributed by atoms with van der Waals surface area (Å²) in [7, 11) is 0. The smallest absolute Gasteiger partial charge is 0.257 e. The number of carbonyl (C=O) groups is 1. The first kappa shape index (κ1) is 20.7. The summed E-state index contributed by atoms with van der Waals surface area (Å²) in [5, 5.41) is 15.5. The molecule has 0 aliphatic heterocycles. The summed E-state index contributed by atoms with van der Waals surface area (Å²) in [5.74, 6) is 5.17. The van der Waals surface area contributed by atoms with Crippen LogP contribution in [0.2, 0.25) is 0 Å². The van der Waals surface area contributed by atoms with Gasteiger partial charge in [-0.3, -0.25) is 10.1 Å². The number of rotatable bonds is 6. The van der Waals surface area contributed by atoms with Crippen LogP contribution in [0, 0.1) is 0 Å². The van der Waals surface area contributed by atoms with Gasteiger partial charge in [0.1, 0.15) is 6.73 Å². The van der Waals surface area contributed by atoms with E-state index in [9.17, 15) is 9.90 Å². The lowest BCUT2D eigenvalue weighted by Gasteiger charge is -2.25. The number of hydrogen-bond donors (Lipinski definition) is 4. The number of carbonyl (C=O) groups excluding carboxylic acids is 1. The molecule has 0 radical (unpaired) electrons. The first-order valence-electron chi connectivity index (χ1n) is 10.00. The second-order valence-electron chi connectivity index (χ2n) is 7.43. The van der Waals surface area contributed by atoms with Crippen molar-refractivity contribution in [3.8, 4) is 0 Å². The maximum absolute atomic E-state index is 12.0. The Kier molecular flexibility index (Phi) is 7.08. The summed E-state index contributed by atoms with van der Waals surface area (Å²) in [6.07, 6.45) is 6.52. The zero-order chi connectivity index (χ0) is 20.6. The molecule has 2 aromatic carbocycles. The lowest BCUT2D eigenvalue weighted by atomic mass is 9.84. The Labute approximate surface area is 171 Å². The largest absolute Gasteiger partial charge is 0.376 e. The van der Waals surface area contributed by atoms with Gasteiger partial charge in [0.25, 0.3) is 5.91 Å². The second kappa shape index (κ2) is 9.93. The molecule has 154 valence electrons. The zero-order valence-electron chi connectivity index (χ0n) is 16.6. The Balaban J connectivity index is 1.64. The Morgan fingerprint density at radius 3 is 2.31 bits per heavy atom. The molecule has 1 aliphatic carbocycles. The number of guanidine groups is 1. The SMILES string of the molecule is N/N=C(\N)NC(=O)c1ccc(CN(CO)c2ccc(C3CCCCC3)cc2)cc1. The van der Waals surface area contributed by atoms with Gasteiger partial charge >= 0.3 is 0 Å². The number of hydrogen-bond acceptors (Lipinski definition) is 5. The number of nitrogens with zero attached hydrogens (tertiary/aromatic N) is 2. The van der Waals surface area contributed by atoms with E-state index < -0.39 is 0 Å². The molecule has 6 N–H and O–H groups in total. The molecule has 0 heterocycles. The number of nitrogens with two attached hydrogens (primary N) is 2. The Bertz CT molecular complexity index is 827. The van der Waals surface area contributed by atoms with Crippen LogP contribution in [0.25, 0.3) is 0 Å². The topological polar surface area (TPSA) is 117 Å². The van der Waals surface area contributed by atoms with E-state index in [-0.39, 0.29) is 18.6 Å². The lowest BCUT2D eigenvalue weighted by molar-refractivity contribution is 0.0976. The third-order valence-electron chi connectivity index (χ3n) is 5.48. The van der Waals surface area contributed by atoms with Gasteiger partial charge in [0, 0.05) is 17.8 Å². The molecule has 0 atom stereocenters. The van der Waals surface area contributed by atoms with Crippen molar-refractivity contribution in [2.45, 2.75) is 44.6 Å². The van der Waals surface area contributed by atoms with Crippen molar-refractivity contribution >= 4 is 17.6 Å². The van der Waals surface area contributed by atoms with E-state index in [4.69, 9.17) is 11.6 Å². The molecular formula is C22H29N5O2. The van der Waals surface area contributed by atoms with Gasteiger partial charge in [0.2, 0.25) is 5.96 Å². The summed E-state index contributed by atoms with van der Waals surface area (Å²) < 4.78 is 0. The summed E-state index contributed by atoms with van der Waals surface area (Å²) >= 11 is 0. The normalized spacial score (nSPS) is 15.1. The fraction of sp³-hybridized carbons (Fsp3) is 0.364. The lowest BCUT2D eigenvalue weighted by Crippen LogP contribution is -2.37. The molecular weight excluding hydrogens is 366 g/mol. The molecule has 0 spiro atoms. The van der Waals surface area contributed by atoms with Crippen LogP contribution in [0.15, 0.2) is 53.6 Å². The molecule has 1 saturated carbocycles. The minimum absolute atomic E-state index is 0.0888. The summed E-state index contributed by atoms with van der Waals surface area (Å²) in [4.78, 5) is 13.9. The van der Waals surface area contributed by atoms with Crippen LogP contribution >= 0.6 is 0 Å². The van der Waals surface area contributed by atoms with Gasteiger partial charge in [-0.1, -0.05) is 43.5 Å². The average Bonchev–Trinajstić information content (AvgIpc) is 2.78. The van der Waals surface area contributed by atoms with Gasteiger partial charge in [-0.2, -0.15) is 0 Å². The van der Waals surface area contributed by atoms with Gasteiger partial charge in [-0.15, -0.1) is 5.10 Å². The highest BCUT2D eigenvalue weighted by Gasteiger charge is 2.16. The number of amides is 1. The molecule has 1 fully saturated rings. The number of benzene rings is 2. The zero-order valence-corrected chi connectivity index (χ0v) is 16.6. The van der Waals surface area contributed by atoms with Crippen molar-refractivity contribution in [1.82, 2.24) is 5.32 Å². The van der Waals surface area contributed by atoms with E-state index in [1.54, 1.807) is 12.1 Å². The van der Waals surface area contributed by atoms with Crippen LogP contribution < -0.4 is 21.8 Å². The highest BCUT2D eigenvalue weighted by atomic mass is 16.3. The van der Waals surface area contributed by atoms with Crippen molar-refractivity contribution in [1.29, 1.82) is 0 Å². The molecule has 1 aliphatic rings. The Hall–Kier alpha value is -3.06. The van der Waals surface area contributed by atoms with E-state index in [2.05, 4.69) is 34.7 Å². The van der Waals surface area contributed by atoms with E-state index >= 15 is 0 Å². The molecule has 0 unspecified atom stereocenters. The van der Waals surface area contributed by atoms with Crippen LogP contribution in [0.3, 0.4) is 0 Å². The minimum Gasteiger partial charge on any atom is -0.376 e. The maximum atomic E-state index is 12.0. The van der Waals surface area contributed by atoms with Crippen LogP contribution in [0.4, 0.5) is 5.69 Å². The minimum atomic E-state index is -0.374. The molecule has 1 amide bonds. The van der Waals surface area contributed by atoms with Gasteiger partial charge in [0.15, 0.2) is 0 Å². The molecule has 0 saturated heterocycles. The predicted molar refractivity (Wildman–Crippen MR) is 115 cm³/mol. The first-order valence-corrected chi connectivity index (χ1v) is 10.00. The van der Waals surface area contributed by atoms with Crippen molar-refractivity contribution < 1.29 is 9.90 Å². The average molecular weight is 396 g/mol. The van der Waals surface area contributed by atoms with Crippen molar-refractivity contribution in [3.05, 3.63) is 65.2 Å². The van der Waals surface area contributed by atoms with Crippen LogP contribution in [0.5, 0.6) is 0 Å². The quantitative estimate of drug-likeness (QED) is 0.197. The Morgan fingerprint density at radius 2 is 1.72 bits per heavy atom. The molecule has 7 heteroatoms. The van der Waals surface area contributed by atoms with Gasteiger partial charge in [-0.25, -0.2) is 0 Å². The van der Waals surface area contributed by atoms with E-state index in [0.29, 0.717) is 18.0 Å². The fourth-order valence-corrected chi connectivity index (χ4v) is 3.82. The molecule has 3 rings (SSSR count). The van der Waals surface area contributed by atoms with E-state index in [0.717, 1.165) is 11.3 Å². The van der Waals surface area contributed by atoms with Crippen molar-refractivity contribution in [3.63, 3.8) is 0 Å². The van der Waals surface area contributed by atoms with E-state index in [1.165, 1.54) is 37.7 Å². The fourth-order valence-electron chi connectivity index (χ4n) is 3.82. The molecule has 0 bridgehead atoms. The van der Waals surface area contributed by atoms with Crippen molar-refractivity contribution in [2.75, 3.05) is 11.6 Å². The number of nitrogens with one attached hydrogen (secondary N) is 1. The maximum Gasteiger partial charge on any atom is 0.257 e. The van der Waals surface area contributed by atoms with Gasteiger partial charge < -0.3 is 21.6 Å². The van der Waals surface area contributed by atoms with Gasteiger partial charge in [0.05, 0.1) is 0 Å². The number of aliphatic hydroxyl groups excluding tert-OH is 1. The number of hydrazone groups is 1. The van der Waals surface area contributed by atoms with Crippen LogP contribution in [-0.4, -0.2) is 23.7 Å². The molecule has 0 aromatic heterocycles. The number of aliphatic hydroxyl groups is 1. The van der Waals surface area contributed by atoms with Crippen LogP contribution in [0.1, 0.15) is 59.5 Å². The molecule has 29 heavy (non-hydrogen) atoms. The Morgan fingerprint density at radius 1 is 1.07 bits per heavy atom. The second-order valence-corrected chi connectivity index (χ2v) is 7.43. The summed E-state index contributed by atoms with van der Waals surface area (Å²) in [6, 6.07) is 15.6. The predicted octanol–water partition coefficient (Wildman–Crippen LogP) is 2.61. The highest BCUT2D eigenvalue weighted by molar-refractivity contribution is 6.05. The molecule has 7 nitrogen and oxygen atoms in total. The van der Waals surface area contributed by atoms with E-state index in [1.807, 2.05) is 17.0 Å². The third kappa shape index (κ3) is 5.48. The monoisotopic (exact) mass is 395 g/mol. The third-order valence-corrected chi connectivity index (χ3v) is 5.48. The highest BCUT2D eigenvalue weighted by Crippen LogP contribution is 2.33. The molecule has 2 aromatic rings. The first-order chi connectivity index (χ1) is 14.1. The summed E-state index contributed by atoms with van der Waals surface area (Å²) in [5.41, 5.74) is 9.20. The van der Waals surface area contributed by atoms with Crippen molar-refractivity contribution in [2.24, 2.45) is 16.7 Å². The standard InChI is InChI=1S/C22H29N5O2/c23-22(26-24)25-21(29)19-8-6-16(7-9-19)14-27(15-28)20-12-10-18(11-13-20)17-4-2-1-3-5-17/h6-13,17,28H,1-5,14-15,24H2,(H3,23,25,26,29). The van der Waals surface area contributed by atoms with Crippen LogP contribution in [-0.2, 0) is 6.54 Å². The van der Waals surface area contributed by atoms with Gasteiger partial charge in [-0.05, 0) is 54.2 Å².